The first-order valence-corrected chi connectivity index (χ1v) is 6.63. The lowest BCUT2D eigenvalue weighted by Crippen LogP contribution is -2.36. The molecule has 0 aliphatic carbocycles. The summed E-state index contributed by atoms with van der Waals surface area (Å²) >= 11 is 0. The summed E-state index contributed by atoms with van der Waals surface area (Å²) in [5, 5.41) is 12.7. The number of para-hydroxylation sites is 1. The Balaban J connectivity index is 2.66. The minimum atomic E-state index is 0.122. The molecule has 2 N–H and O–H groups in total. The van der Waals surface area contributed by atoms with Gasteiger partial charge in [0.25, 0.3) is 0 Å². The predicted octanol–water partition coefficient (Wildman–Crippen LogP) is 2.58. The van der Waals surface area contributed by atoms with E-state index in [1.165, 1.54) is 0 Å². The first-order valence-electron chi connectivity index (χ1n) is 6.63. The van der Waals surface area contributed by atoms with E-state index in [2.05, 4.69) is 25.2 Å². The molecule has 0 aliphatic rings. The van der Waals surface area contributed by atoms with Gasteiger partial charge in [0.15, 0.2) is 0 Å². The molecule has 0 saturated heterocycles. The zero-order valence-corrected chi connectivity index (χ0v) is 11.8. The van der Waals surface area contributed by atoms with E-state index < -0.39 is 0 Å². The largest absolute Gasteiger partial charge is 0.491 e. The summed E-state index contributed by atoms with van der Waals surface area (Å²) in [5.74, 6) is 1.33. The molecule has 0 radical (unpaired) electrons. The van der Waals surface area contributed by atoms with Gasteiger partial charge >= 0.3 is 0 Å². The van der Waals surface area contributed by atoms with Crippen molar-refractivity contribution in [1.29, 1.82) is 0 Å². The predicted molar refractivity (Wildman–Crippen MR) is 74.8 cm³/mol. The van der Waals surface area contributed by atoms with Gasteiger partial charge in [0, 0.05) is 18.2 Å². The van der Waals surface area contributed by atoms with Crippen LogP contribution in [0.15, 0.2) is 24.3 Å². The molecule has 0 heterocycles. The summed E-state index contributed by atoms with van der Waals surface area (Å²) in [6, 6.07) is 8.15. The minimum absolute atomic E-state index is 0.122. The third kappa shape index (κ3) is 4.67. The van der Waals surface area contributed by atoms with Gasteiger partial charge < -0.3 is 15.2 Å². The Bertz CT molecular complexity index is 350. The number of nitrogens with one attached hydrogen (secondary N) is 1. The number of hydrogen-bond acceptors (Lipinski definition) is 3. The van der Waals surface area contributed by atoms with Crippen molar-refractivity contribution in [2.75, 3.05) is 6.61 Å². The van der Waals surface area contributed by atoms with Crippen molar-refractivity contribution < 1.29 is 9.84 Å². The fraction of sp³-hybridized carbons (Fsp3) is 0.600. The molecule has 3 heteroatoms. The average molecular weight is 251 g/mol. The molecule has 1 rings (SSSR count). The van der Waals surface area contributed by atoms with E-state index in [0.717, 1.165) is 11.3 Å². The second-order valence-electron chi connectivity index (χ2n) is 5.19. The van der Waals surface area contributed by atoms with Gasteiger partial charge in [-0.05, 0) is 25.8 Å². The van der Waals surface area contributed by atoms with Crippen LogP contribution in [-0.2, 0) is 6.54 Å². The minimum Gasteiger partial charge on any atom is -0.491 e. The molecule has 0 spiro atoms. The summed E-state index contributed by atoms with van der Waals surface area (Å²) in [4.78, 5) is 0. The maximum atomic E-state index is 9.30. The zero-order valence-electron chi connectivity index (χ0n) is 11.8. The summed E-state index contributed by atoms with van der Waals surface area (Å²) in [5.41, 5.74) is 1.13. The molecular weight excluding hydrogens is 226 g/mol. The molecule has 102 valence electrons. The van der Waals surface area contributed by atoms with Crippen LogP contribution in [0.2, 0.25) is 0 Å². The number of aliphatic hydroxyl groups is 1. The number of aliphatic hydroxyl groups excluding tert-OH is 1. The normalized spacial score (nSPS) is 13.1. The van der Waals surface area contributed by atoms with Crippen LogP contribution >= 0.6 is 0 Å². The van der Waals surface area contributed by atoms with E-state index in [0.29, 0.717) is 12.5 Å². The van der Waals surface area contributed by atoms with E-state index in [1.54, 1.807) is 0 Å². The molecule has 1 atom stereocenters. The van der Waals surface area contributed by atoms with E-state index >= 15 is 0 Å². The number of benzene rings is 1. The van der Waals surface area contributed by atoms with E-state index in [-0.39, 0.29) is 18.8 Å². The lowest BCUT2D eigenvalue weighted by atomic mass is 10.0. The maximum absolute atomic E-state index is 9.30. The maximum Gasteiger partial charge on any atom is 0.124 e. The van der Waals surface area contributed by atoms with Gasteiger partial charge in [-0.2, -0.15) is 0 Å². The van der Waals surface area contributed by atoms with Crippen LogP contribution in [0.5, 0.6) is 5.75 Å². The Kier molecular flexibility index (Phi) is 6.16. The summed E-state index contributed by atoms with van der Waals surface area (Å²) in [6.45, 7) is 9.12. The van der Waals surface area contributed by atoms with Crippen molar-refractivity contribution >= 4 is 0 Å². The smallest absolute Gasteiger partial charge is 0.124 e. The average Bonchev–Trinajstić information content (AvgIpc) is 2.30. The van der Waals surface area contributed by atoms with Gasteiger partial charge in [0.05, 0.1) is 12.7 Å². The lowest BCUT2D eigenvalue weighted by Gasteiger charge is -2.21. The van der Waals surface area contributed by atoms with Crippen LogP contribution in [-0.4, -0.2) is 23.9 Å². The summed E-state index contributed by atoms with van der Waals surface area (Å²) < 4.78 is 5.77. The monoisotopic (exact) mass is 251 g/mol. The Morgan fingerprint density at radius 3 is 2.39 bits per heavy atom. The van der Waals surface area contributed by atoms with E-state index in [9.17, 15) is 5.11 Å². The molecule has 0 saturated carbocycles. The molecule has 0 unspecified atom stereocenters. The van der Waals surface area contributed by atoms with Crippen LogP contribution in [0.4, 0.5) is 0 Å². The van der Waals surface area contributed by atoms with Crippen LogP contribution in [0.25, 0.3) is 0 Å². The molecule has 0 bridgehead atoms. The fourth-order valence-electron chi connectivity index (χ4n) is 1.77. The third-order valence-corrected chi connectivity index (χ3v) is 2.89. The highest BCUT2D eigenvalue weighted by Crippen LogP contribution is 2.19. The van der Waals surface area contributed by atoms with Gasteiger partial charge in [-0.1, -0.05) is 32.0 Å². The fourth-order valence-corrected chi connectivity index (χ4v) is 1.77. The zero-order chi connectivity index (χ0) is 13.5. The van der Waals surface area contributed by atoms with Crippen molar-refractivity contribution in [3.8, 4) is 5.75 Å². The molecular formula is C15H25NO2. The van der Waals surface area contributed by atoms with Gasteiger partial charge in [0.2, 0.25) is 0 Å². The number of rotatable bonds is 7. The molecule has 0 aromatic heterocycles. The molecule has 1 aromatic carbocycles. The molecule has 0 fully saturated rings. The molecule has 0 aliphatic heterocycles. The van der Waals surface area contributed by atoms with E-state index in [1.807, 2.05) is 32.0 Å². The van der Waals surface area contributed by atoms with Gasteiger partial charge in [-0.25, -0.2) is 0 Å². The van der Waals surface area contributed by atoms with Crippen LogP contribution in [0.3, 0.4) is 0 Å². The van der Waals surface area contributed by atoms with Crippen molar-refractivity contribution in [3.05, 3.63) is 29.8 Å². The lowest BCUT2D eigenvalue weighted by molar-refractivity contribution is 0.207. The number of hydrogen-bond donors (Lipinski definition) is 2. The molecule has 0 amide bonds. The van der Waals surface area contributed by atoms with Crippen molar-refractivity contribution in [3.63, 3.8) is 0 Å². The first kappa shape index (κ1) is 15.0. The SMILES string of the molecule is CC(C)Oc1ccccc1CN[C@H](CO)C(C)C. The second-order valence-corrected chi connectivity index (χ2v) is 5.19. The quantitative estimate of drug-likeness (QED) is 0.782. The number of ether oxygens (including phenoxy) is 1. The second kappa shape index (κ2) is 7.39. The Morgan fingerprint density at radius 2 is 1.83 bits per heavy atom. The van der Waals surface area contributed by atoms with Crippen molar-refractivity contribution in [1.82, 2.24) is 5.32 Å². The molecule has 3 nitrogen and oxygen atoms in total. The molecule has 1 aromatic rings. The van der Waals surface area contributed by atoms with Crippen LogP contribution < -0.4 is 10.1 Å². The van der Waals surface area contributed by atoms with Crippen molar-refractivity contribution in [2.24, 2.45) is 5.92 Å². The summed E-state index contributed by atoms with van der Waals surface area (Å²) in [7, 11) is 0. The van der Waals surface area contributed by atoms with Gasteiger partial charge in [0.1, 0.15) is 5.75 Å². The highest BCUT2D eigenvalue weighted by atomic mass is 16.5. The standard InChI is InChI=1S/C15H25NO2/c1-11(2)14(10-17)16-9-13-7-5-6-8-15(13)18-12(3)4/h5-8,11-12,14,16-17H,9-10H2,1-4H3/t14-/m1/s1. The summed E-state index contributed by atoms with van der Waals surface area (Å²) in [6.07, 6.45) is 0.171. The highest BCUT2D eigenvalue weighted by Gasteiger charge is 2.12. The Morgan fingerprint density at radius 1 is 1.17 bits per heavy atom. The van der Waals surface area contributed by atoms with E-state index in [4.69, 9.17) is 4.74 Å². The third-order valence-electron chi connectivity index (χ3n) is 2.89. The van der Waals surface area contributed by atoms with Crippen molar-refractivity contribution in [2.45, 2.75) is 46.4 Å². The topological polar surface area (TPSA) is 41.5 Å². The van der Waals surface area contributed by atoms with Crippen LogP contribution in [0.1, 0.15) is 33.3 Å². The van der Waals surface area contributed by atoms with Crippen LogP contribution in [0, 0.1) is 5.92 Å². The Labute approximate surface area is 110 Å². The molecule has 18 heavy (non-hydrogen) atoms. The first-order chi connectivity index (χ1) is 8.54. The van der Waals surface area contributed by atoms with Gasteiger partial charge in [-0.3, -0.25) is 0 Å². The Hall–Kier alpha value is -1.06. The highest BCUT2D eigenvalue weighted by molar-refractivity contribution is 5.33. The van der Waals surface area contributed by atoms with Gasteiger partial charge in [-0.15, -0.1) is 0 Å².